The Balaban J connectivity index is 1.50. The van der Waals surface area contributed by atoms with Crippen molar-refractivity contribution in [2.45, 2.75) is 37.3 Å². The van der Waals surface area contributed by atoms with Crippen LogP contribution in [0.2, 0.25) is 5.02 Å². The lowest BCUT2D eigenvalue weighted by atomic mass is 9.96. The molecule has 2 aliphatic carbocycles. The molecule has 0 saturated heterocycles. The van der Waals surface area contributed by atoms with E-state index < -0.39 is 29.7 Å². The highest BCUT2D eigenvalue weighted by Crippen LogP contribution is 2.49. The smallest absolute Gasteiger partial charge is 0.254 e. The Morgan fingerprint density at radius 1 is 1.28 bits per heavy atom. The van der Waals surface area contributed by atoms with E-state index in [1.807, 2.05) is 0 Å². The van der Waals surface area contributed by atoms with Crippen LogP contribution in [-0.4, -0.2) is 46.4 Å². The number of benzene rings is 1. The van der Waals surface area contributed by atoms with Gasteiger partial charge in [0.2, 0.25) is 11.9 Å². The second kappa shape index (κ2) is 7.67. The van der Waals surface area contributed by atoms with Crippen molar-refractivity contribution < 1.29 is 18.4 Å². The van der Waals surface area contributed by atoms with Crippen LogP contribution in [0.25, 0.3) is 0 Å². The molecule has 4 rings (SSSR count). The zero-order valence-electron chi connectivity index (χ0n) is 15.7. The Kier molecular flexibility index (Phi) is 5.21. The van der Waals surface area contributed by atoms with Crippen LogP contribution < -0.4 is 5.32 Å². The van der Waals surface area contributed by atoms with Crippen LogP contribution in [0.1, 0.15) is 52.6 Å². The maximum Gasteiger partial charge on any atom is 0.254 e. The minimum absolute atomic E-state index is 0.0546. The molecule has 0 bridgehead atoms. The van der Waals surface area contributed by atoms with Gasteiger partial charge in [0.25, 0.3) is 5.91 Å². The van der Waals surface area contributed by atoms with Gasteiger partial charge in [-0.1, -0.05) is 17.7 Å². The van der Waals surface area contributed by atoms with Crippen molar-refractivity contribution in [3.05, 3.63) is 52.1 Å². The fourth-order valence-electron chi connectivity index (χ4n) is 3.37. The standard InChI is InChI=1S/C20H19ClF2N4O2/c1-27(9-16(28)26-20-24-7-11(21)8-25-20)19(29)13-5-4-12(10-2-3-10)18(23)17(13)14-6-15(14)22/h4-5,7-8,10,14-15H,2-3,6,9H2,1H3,(H,24,25,26,28)/t14?,15-/m1/s1. The van der Waals surface area contributed by atoms with Gasteiger partial charge in [-0.3, -0.25) is 14.9 Å². The van der Waals surface area contributed by atoms with Crippen LogP contribution in [0.4, 0.5) is 14.7 Å². The first kappa shape index (κ1) is 19.7. The van der Waals surface area contributed by atoms with E-state index in [1.165, 1.54) is 19.4 Å². The topological polar surface area (TPSA) is 75.2 Å². The van der Waals surface area contributed by atoms with Crippen molar-refractivity contribution in [2.24, 2.45) is 0 Å². The van der Waals surface area contributed by atoms with Gasteiger partial charge in [-0.25, -0.2) is 18.7 Å². The SMILES string of the molecule is CN(CC(=O)Nc1ncc(Cl)cn1)C(=O)c1ccc(C2CC2)c(F)c1C1C[C@H]1F. The summed E-state index contributed by atoms with van der Waals surface area (Å²) in [7, 11) is 1.43. The molecule has 9 heteroatoms. The van der Waals surface area contributed by atoms with E-state index in [9.17, 15) is 14.0 Å². The summed E-state index contributed by atoms with van der Waals surface area (Å²) in [5, 5.41) is 2.78. The summed E-state index contributed by atoms with van der Waals surface area (Å²) in [6.07, 6.45) is 3.54. The largest absolute Gasteiger partial charge is 0.332 e. The van der Waals surface area contributed by atoms with Gasteiger partial charge in [0, 0.05) is 24.1 Å². The Morgan fingerprint density at radius 2 is 1.93 bits per heavy atom. The molecule has 1 aromatic carbocycles. The van der Waals surface area contributed by atoms with Gasteiger partial charge < -0.3 is 4.90 Å². The van der Waals surface area contributed by atoms with Gasteiger partial charge in [-0.15, -0.1) is 0 Å². The Morgan fingerprint density at radius 3 is 2.52 bits per heavy atom. The number of likely N-dealkylation sites (N-methyl/N-ethyl adjacent to an activating group) is 1. The summed E-state index contributed by atoms with van der Waals surface area (Å²) in [5.41, 5.74) is 0.797. The third-order valence-corrected chi connectivity index (χ3v) is 5.33. The van der Waals surface area contributed by atoms with Gasteiger partial charge in [-0.2, -0.15) is 0 Å². The Labute approximate surface area is 171 Å². The predicted molar refractivity (Wildman–Crippen MR) is 103 cm³/mol. The number of hydrogen-bond donors (Lipinski definition) is 1. The zero-order chi connectivity index (χ0) is 20.7. The van der Waals surface area contributed by atoms with E-state index in [4.69, 9.17) is 11.6 Å². The average Bonchev–Trinajstić information content (AvgIpc) is 3.60. The van der Waals surface area contributed by atoms with Crippen LogP contribution in [0.3, 0.4) is 0 Å². The molecule has 2 aliphatic rings. The summed E-state index contributed by atoms with van der Waals surface area (Å²) in [4.78, 5) is 34.0. The van der Waals surface area contributed by atoms with Crippen molar-refractivity contribution in [3.8, 4) is 0 Å². The monoisotopic (exact) mass is 420 g/mol. The summed E-state index contributed by atoms with van der Waals surface area (Å²) in [6, 6.07) is 3.16. The molecule has 2 amide bonds. The molecule has 1 N–H and O–H groups in total. The zero-order valence-corrected chi connectivity index (χ0v) is 16.4. The third kappa shape index (κ3) is 4.22. The van der Waals surface area contributed by atoms with Crippen molar-refractivity contribution >= 4 is 29.4 Å². The number of aromatic nitrogens is 2. The van der Waals surface area contributed by atoms with Crippen LogP contribution in [0, 0.1) is 5.82 Å². The van der Waals surface area contributed by atoms with E-state index in [1.54, 1.807) is 12.1 Å². The van der Waals surface area contributed by atoms with E-state index in [-0.39, 0.29) is 36.0 Å². The number of anilines is 1. The molecular weight excluding hydrogens is 402 g/mol. The summed E-state index contributed by atoms with van der Waals surface area (Å²) >= 11 is 5.70. The number of carbonyl (C=O) groups is 2. The molecular formula is C20H19ClF2N4O2. The first-order valence-electron chi connectivity index (χ1n) is 9.34. The highest BCUT2D eigenvalue weighted by atomic mass is 35.5. The molecule has 6 nitrogen and oxygen atoms in total. The number of halogens is 3. The van der Waals surface area contributed by atoms with Crippen molar-refractivity contribution in [1.29, 1.82) is 0 Å². The minimum atomic E-state index is -1.14. The lowest BCUT2D eigenvalue weighted by Crippen LogP contribution is -2.35. The first-order chi connectivity index (χ1) is 13.8. The fourth-order valence-corrected chi connectivity index (χ4v) is 3.46. The summed E-state index contributed by atoms with van der Waals surface area (Å²) < 4.78 is 28.8. The molecule has 1 aromatic heterocycles. The number of hydrogen-bond acceptors (Lipinski definition) is 4. The molecule has 1 heterocycles. The first-order valence-corrected chi connectivity index (χ1v) is 9.72. The van der Waals surface area contributed by atoms with Crippen molar-refractivity contribution in [1.82, 2.24) is 14.9 Å². The maximum atomic E-state index is 15.1. The predicted octanol–water partition coefficient (Wildman–Crippen LogP) is 3.68. The van der Waals surface area contributed by atoms with E-state index in [2.05, 4.69) is 15.3 Å². The quantitative estimate of drug-likeness (QED) is 0.773. The molecule has 0 aliphatic heterocycles. The lowest BCUT2D eigenvalue weighted by molar-refractivity contribution is -0.116. The second-order valence-electron chi connectivity index (χ2n) is 7.50. The molecule has 2 aromatic rings. The normalized spacial score (nSPS) is 20.3. The number of nitrogens with zero attached hydrogens (tertiary/aromatic N) is 3. The van der Waals surface area contributed by atoms with Gasteiger partial charge in [0.15, 0.2) is 0 Å². The van der Waals surface area contributed by atoms with Gasteiger partial charge in [0.05, 0.1) is 24.0 Å². The third-order valence-electron chi connectivity index (χ3n) is 5.14. The van der Waals surface area contributed by atoms with E-state index >= 15 is 4.39 Å². The number of alkyl halides is 1. The maximum absolute atomic E-state index is 15.1. The molecule has 2 fully saturated rings. The van der Waals surface area contributed by atoms with Gasteiger partial charge in [-0.05, 0) is 36.8 Å². The highest BCUT2D eigenvalue weighted by molar-refractivity contribution is 6.30. The van der Waals surface area contributed by atoms with Crippen molar-refractivity contribution in [2.75, 3.05) is 18.9 Å². The van der Waals surface area contributed by atoms with E-state index in [0.717, 1.165) is 17.7 Å². The molecule has 0 spiro atoms. The molecule has 29 heavy (non-hydrogen) atoms. The number of nitrogens with one attached hydrogen (secondary N) is 1. The summed E-state index contributed by atoms with van der Waals surface area (Å²) in [5.74, 6) is -1.92. The van der Waals surface area contributed by atoms with Crippen LogP contribution in [0.15, 0.2) is 24.5 Å². The van der Waals surface area contributed by atoms with Crippen LogP contribution in [0.5, 0.6) is 0 Å². The lowest BCUT2D eigenvalue weighted by Gasteiger charge is -2.20. The second-order valence-corrected chi connectivity index (χ2v) is 7.93. The molecule has 2 atom stereocenters. The number of amides is 2. The molecule has 2 saturated carbocycles. The average molecular weight is 421 g/mol. The molecule has 1 unspecified atom stereocenters. The fraction of sp³-hybridized carbons (Fsp3) is 0.400. The highest BCUT2D eigenvalue weighted by Gasteiger charge is 2.44. The van der Waals surface area contributed by atoms with Crippen LogP contribution >= 0.6 is 11.6 Å². The molecule has 0 radical (unpaired) electrons. The van der Waals surface area contributed by atoms with E-state index in [0.29, 0.717) is 10.6 Å². The number of rotatable bonds is 6. The Hall–Kier alpha value is -2.61. The molecule has 152 valence electrons. The minimum Gasteiger partial charge on any atom is -0.332 e. The summed E-state index contributed by atoms with van der Waals surface area (Å²) in [6.45, 7) is -0.292. The Bertz CT molecular complexity index is 966. The number of carbonyl (C=O) groups excluding carboxylic acids is 2. The van der Waals surface area contributed by atoms with Crippen molar-refractivity contribution in [3.63, 3.8) is 0 Å². The van der Waals surface area contributed by atoms with Gasteiger partial charge in [0.1, 0.15) is 12.0 Å². The van der Waals surface area contributed by atoms with Crippen LogP contribution in [-0.2, 0) is 4.79 Å². The van der Waals surface area contributed by atoms with Gasteiger partial charge >= 0.3 is 0 Å².